The van der Waals surface area contributed by atoms with Crippen molar-refractivity contribution in [2.24, 2.45) is 0 Å². The van der Waals surface area contributed by atoms with Crippen LogP contribution in [0.5, 0.6) is 5.75 Å². The monoisotopic (exact) mass is 478 g/mol. The molecule has 3 aromatic carbocycles. The van der Waals surface area contributed by atoms with Crippen LogP contribution in [-0.2, 0) is 10.0 Å². The third-order valence-corrected chi connectivity index (χ3v) is 6.68. The van der Waals surface area contributed by atoms with Crippen LogP contribution in [0.1, 0.15) is 6.92 Å². The molecule has 0 amide bonds. The van der Waals surface area contributed by atoms with Crippen LogP contribution in [-0.4, -0.2) is 33.7 Å². The van der Waals surface area contributed by atoms with Crippen molar-refractivity contribution in [1.82, 2.24) is 18.7 Å². The third kappa shape index (κ3) is 4.28. The Kier molecular flexibility index (Phi) is 5.48. The van der Waals surface area contributed by atoms with Gasteiger partial charge in [0.15, 0.2) is 11.6 Å². The predicted molar refractivity (Wildman–Crippen MR) is 129 cm³/mol. The number of para-hydroxylation sites is 2. The molecule has 0 saturated heterocycles. The van der Waals surface area contributed by atoms with Crippen molar-refractivity contribution in [3.8, 4) is 5.75 Å². The van der Waals surface area contributed by atoms with Gasteiger partial charge in [-0.3, -0.25) is 4.72 Å². The lowest BCUT2D eigenvalue weighted by Crippen LogP contribution is -2.16. The Bertz CT molecular complexity index is 1550. The average Bonchev–Trinajstić information content (AvgIpc) is 3.29. The minimum Gasteiger partial charge on any atom is -0.494 e. The van der Waals surface area contributed by atoms with Crippen LogP contribution >= 0.6 is 11.7 Å². The summed E-state index contributed by atoms with van der Waals surface area (Å²) in [6.07, 6.45) is 0. The zero-order chi connectivity index (χ0) is 22.8. The molecule has 0 fully saturated rings. The standard InChI is InChI=1S/C22H18N6O3S2/c1-2-31-15-12-10-14(11-13-15)23-21-22(25-17-7-4-3-6-16(17)24-21)28-33(29,30)19-9-5-8-18-20(19)27-32-26-18/h3-13H,2H2,1H3,(H,23,24)(H,25,28). The lowest BCUT2D eigenvalue weighted by molar-refractivity contribution is 0.340. The van der Waals surface area contributed by atoms with E-state index in [2.05, 4.69) is 28.8 Å². The summed E-state index contributed by atoms with van der Waals surface area (Å²) in [5.74, 6) is 1.08. The molecule has 5 aromatic rings. The molecular formula is C22H18N6O3S2. The molecule has 11 heteroatoms. The smallest absolute Gasteiger partial charge is 0.265 e. The maximum atomic E-state index is 13.3. The fourth-order valence-electron chi connectivity index (χ4n) is 3.28. The number of hydrogen-bond acceptors (Lipinski definition) is 9. The molecule has 9 nitrogen and oxygen atoms in total. The Balaban J connectivity index is 1.55. The van der Waals surface area contributed by atoms with E-state index in [1.165, 1.54) is 6.07 Å². The molecule has 0 spiro atoms. The minimum absolute atomic E-state index is 0.0238. The highest BCUT2D eigenvalue weighted by Crippen LogP contribution is 2.29. The molecule has 0 atom stereocenters. The Morgan fingerprint density at radius 1 is 0.848 bits per heavy atom. The fraction of sp³-hybridized carbons (Fsp3) is 0.0909. The van der Waals surface area contributed by atoms with Gasteiger partial charge in [0, 0.05) is 5.69 Å². The number of anilines is 3. The number of benzene rings is 3. The van der Waals surface area contributed by atoms with Crippen LogP contribution < -0.4 is 14.8 Å². The van der Waals surface area contributed by atoms with Gasteiger partial charge in [-0.2, -0.15) is 8.75 Å². The van der Waals surface area contributed by atoms with Crippen LogP contribution in [0.15, 0.2) is 71.6 Å². The summed E-state index contributed by atoms with van der Waals surface area (Å²) in [6.45, 7) is 2.48. The van der Waals surface area contributed by atoms with Gasteiger partial charge in [0.1, 0.15) is 21.7 Å². The highest BCUT2D eigenvalue weighted by molar-refractivity contribution is 7.93. The number of fused-ring (bicyclic) bond motifs is 2. The van der Waals surface area contributed by atoms with Crippen LogP contribution in [0, 0.1) is 0 Å². The normalized spacial score (nSPS) is 11.5. The van der Waals surface area contributed by atoms with Crippen LogP contribution in [0.25, 0.3) is 22.1 Å². The highest BCUT2D eigenvalue weighted by Gasteiger charge is 2.22. The van der Waals surface area contributed by atoms with E-state index in [4.69, 9.17) is 4.74 Å². The van der Waals surface area contributed by atoms with Crippen molar-refractivity contribution in [2.45, 2.75) is 11.8 Å². The average molecular weight is 479 g/mol. The summed E-state index contributed by atoms with van der Waals surface area (Å²) >= 11 is 0.958. The summed E-state index contributed by atoms with van der Waals surface area (Å²) in [7, 11) is -4.02. The van der Waals surface area contributed by atoms with Gasteiger partial charge >= 0.3 is 0 Å². The molecule has 0 saturated carbocycles. The van der Waals surface area contributed by atoms with E-state index in [9.17, 15) is 8.42 Å². The SMILES string of the molecule is CCOc1ccc(Nc2nc3ccccc3nc2NS(=O)(=O)c2cccc3nsnc23)cc1. The Morgan fingerprint density at radius 2 is 1.55 bits per heavy atom. The van der Waals surface area contributed by atoms with Crippen LogP contribution in [0.2, 0.25) is 0 Å². The molecule has 5 rings (SSSR count). The van der Waals surface area contributed by atoms with Crippen molar-refractivity contribution >= 4 is 61.1 Å². The van der Waals surface area contributed by atoms with Gasteiger partial charge in [-0.05, 0) is 55.5 Å². The van der Waals surface area contributed by atoms with Gasteiger partial charge in [0.2, 0.25) is 0 Å². The number of sulfonamides is 1. The summed E-state index contributed by atoms with van der Waals surface area (Å²) in [6, 6.07) is 19.4. The first-order chi connectivity index (χ1) is 16.0. The molecule has 33 heavy (non-hydrogen) atoms. The van der Waals surface area contributed by atoms with Crippen molar-refractivity contribution in [3.05, 3.63) is 66.7 Å². The number of rotatable bonds is 7. The van der Waals surface area contributed by atoms with E-state index in [1.807, 2.05) is 49.4 Å². The van der Waals surface area contributed by atoms with Crippen molar-refractivity contribution in [3.63, 3.8) is 0 Å². The first-order valence-corrected chi connectivity index (χ1v) is 12.3. The summed E-state index contributed by atoms with van der Waals surface area (Å²) in [5, 5.41) is 3.16. The van der Waals surface area contributed by atoms with Crippen molar-refractivity contribution in [2.75, 3.05) is 16.6 Å². The summed E-state index contributed by atoms with van der Waals surface area (Å²) in [5.41, 5.74) is 2.71. The van der Waals surface area contributed by atoms with E-state index >= 15 is 0 Å². The van der Waals surface area contributed by atoms with Gasteiger partial charge in [-0.1, -0.05) is 18.2 Å². The van der Waals surface area contributed by atoms with Gasteiger partial charge in [0.25, 0.3) is 10.0 Å². The first kappa shape index (κ1) is 21.0. The van der Waals surface area contributed by atoms with E-state index in [0.29, 0.717) is 34.4 Å². The van der Waals surface area contributed by atoms with Crippen molar-refractivity contribution < 1.29 is 13.2 Å². The molecule has 0 radical (unpaired) electrons. The van der Waals surface area contributed by atoms with Gasteiger partial charge in [0.05, 0.1) is 29.4 Å². The van der Waals surface area contributed by atoms with Crippen LogP contribution in [0.3, 0.4) is 0 Å². The van der Waals surface area contributed by atoms with E-state index in [-0.39, 0.29) is 16.5 Å². The zero-order valence-electron chi connectivity index (χ0n) is 17.4. The molecule has 166 valence electrons. The number of ether oxygens (including phenoxy) is 1. The van der Waals surface area contributed by atoms with Gasteiger partial charge in [-0.15, -0.1) is 0 Å². The fourth-order valence-corrected chi connectivity index (χ4v) is 5.05. The molecule has 0 aliphatic carbocycles. The maximum Gasteiger partial charge on any atom is 0.265 e. The lowest BCUT2D eigenvalue weighted by Gasteiger charge is -2.14. The second-order valence-electron chi connectivity index (χ2n) is 6.99. The number of nitrogens with one attached hydrogen (secondary N) is 2. The Morgan fingerprint density at radius 3 is 2.27 bits per heavy atom. The summed E-state index contributed by atoms with van der Waals surface area (Å²) in [4.78, 5) is 9.15. The Labute approximate surface area is 193 Å². The molecule has 0 unspecified atom stereocenters. The quantitative estimate of drug-likeness (QED) is 0.349. The maximum absolute atomic E-state index is 13.3. The largest absolute Gasteiger partial charge is 0.494 e. The predicted octanol–water partition coefficient (Wildman–Crippen LogP) is 4.58. The second-order valence-corrected chi connectivity index (χ2v) is 9.16. The minimum atomic E-state index is -4.02. The third-order valence-electron chi connectivity index (χ3n) is 4.77. The van der Waals surface area contributed by atoms with Gasteiger partial charge < -0.3 is 10.1 Å². The Hall–Kier alpha value is -3.83. The molecule has 0 aliphatic rings. The first-order valence-electron chi connectivity index (χ1n) is 10.0. The molecule has 0 aliphatic heterocycles. The summed E-state index contributed by atoms with van der Waals surface area (Å²) < 4.78 is 42.9. The van der Waals surface area contributed by atoms with Gasteiger partial charge in [-0.25, -0.2) is 18.4 Å². The number of nitrogens with zero attached hydrogens (tertiary/aromatic N) is 4. The van der Waals surface area contributed by atoms with E-state index < -0.39 is 10.0 Å². The topological polar surface area (TPSA) is 119 Å². The zero-order valence-corrected chi connectivity index (χ0v) is 19.0. The molecule has 2 aromatic heterocycles. The van der Waals surface area contributed by atoms with E-state index in [1.54, 1.807) is 18.2 Å². The molecule has 2 N–H and O–H groups in total. The van der Waals surface area contributed by atoms with Crippen LogP contribution in [0.4, 0.5) is 17.3 Å². The number of aromatic nitrogens is 4. The molecular weight excluding hydrogens is 460 g/mol. The molecule has 0 bridgehead atoms. The molecule has 2 heterocycles. The van der Waals surface area contributed by atoms with Crippen molar-refractivity contribution in [1.29, 1.82) is 0 Å². The highest BCUT2D eigenvalue weighted by atomic mass is 32.2. The second kappa shape index (κ2) is 8.60. The number of hydrogen-bond donors (Lipinski definition) is 2. The van der Waals surface area contributed by atoms with E-state index in [0.717, 1.165) is 17.5 Å². The lowest BCUT2D eigenvalue weighted by atomic mass is 10.3.